The molecular formula is C25H22BrNO5. The van der Waals surface area contributed by atoms with E-state index >= 15 is 0 Å². The summed E-state index contributed by atoms with van der Waals surface area (Å²) >= 11 is 3.46. The molecule has 0 bridgehead atoms. The zero-order valence-electron chi connectivity index (χ0n) is 17.7. The van der Waals surface area contributed by atoms with Gasteiger partial charge in [0.05, 0.1) is 12.7 Å². The minimum absolute atomic E-state index is 0.0151. The second-order valence-corrected chi connectivity index (χ2v) is 9.09. The first-order valence-electron chi connectivity index (χ1n) is 10.4. The molecule has 2 aromatic carbocycles. The van der Waals surface area contributed by atoms with E-state index in [4.69, 9.17) is 14.2 Å². The van der Waals surface area contributed by atoms with E-state index in [0.29, 0.717) is 35.4 Å². The maximum absolute atomic E-state index is 13.5. The normalized spacial score (nSPS) is 21.9. The summed E-state index contributed by atoms with van der Waals surface area (Å²) in [4.78, 5) is 26.2. The standard InChI is InChI=1S/C25H22BrNO5/c1-13-22(25(29)30-2)23(14-3-6-17(26)7-4-14)24-18(27-13)9-16(10-19(24)28)15-5-8-20-21(11-15)32-12-31-20/h3-8,11,16,23,27H,9-10,12H2,1-2H3/t16-,23-/m0/s1. The van der Waals surface area contributed by atoms with E-state index < -0.39 is 11.9 Å². The van der Waals surface area contributed by atoms with Crippen molar-refractivity contribution in [1.82, 2.24) is 5.32 Å². The minimum Gasteiger partial charge on any atom is -0.466 e. The Morgan fingerprint density at radius 3 is 2.53 bits per heavy atom. The number of ether oxygens (including phenoxy) is 3. The predicted molar refractivity (Wildman–Crippen MR) is 121 cm³/mol. The van der Waals surface area contributed by atoms with E-state index in [0.717, 1.165) is 27.0 Å². The van der Waals surface area contributed by atoms with E-state index in [1.54, 1.807) is 0 Å². The number of nitrogens with one attached hydrogen (secondary N) is 1. The largest absolute Gasteiger partial charge is 0.466 e. The lowest BCUT2D eigenvalue weighted by Gasteiger charge is -2.36. The molecule has 3 aliphatic rings. The van der Waals surface area contributed by atoms with Crippen LogP contribution in [0.5, 0.6) is 11.5 Å². The smallest absolute Gasteiger partial charge is 0.336 e. The summed E-state index contributed by atoms with van der Waals surface area (Å²) in [7, 11) is 1.36. The van der Waals surface area contributed by atoms with Crippen LogP contribution in [-0.4, -0.2) is 25.7 Å². The van der Waals surface area contributed by atoms with Gasteiger partial charge in [0.25, 0.3) is 0 Å². The second kappa shape index (κ2) is 8.13. The summed E-state index contributed by atoms with van der Waals surface area (Å²) in [6, 6.07) is 13.6. The van der Waals surface area contributed by atoms with Gasteiger partial charge in [-0.25, -0.2) is 4.79 Å². The fraction of sp³-hybridized carbons (Fsp3) is 0.280. The first-order chi connectivity index (χ1) is 15.5. The van der Waals surface area contributed by atoms with Crippen LogP contribution in [-0.2, 0) is 14.3 Å². The molecule has 2 aromatic rings. The number of rotatable bonds is 3. The molecule has 5 rings (SSSR count). The van der Waals surface area contributed by atoms with E-state index in [9.17, 15) is 9.59 Å². The summed E-state index contributed by atoms with van der Waals surface area (Å²) in [6.45, 7) is 2.07. The number of halogens is 1. The van der Waals surface area contributed by atoms with Gasteiger partial charge in [-0.15, -0.1) is 0 Å². The molecule has 2 aliphatic heterocycles. The summed E-state index contributed by atoms with van der Waals surface area (Å²) in [5.41, 5.74) is 4.62. The maximum Gasteiger partial charge on any atom is 0.336 e. The number of fused-ring (bicyclic) bond motifs is 1. The van der Waals surface area contributed by atoms with Gasteiger partial charge in [0.1, 0.15) is 0 Å². The van der Waals surface area contributed by atoms with Crippen molar-refractivity contribution in [2.45, 2.75) is 31.6 Å². The van der Waals surface area contributed by atoms with Crippen LogP contribution in [0.1, 0.15) is 42.7 Å². The van der Waals surface area contributed by atoms with Crippen LogP contribution in [0.3, 0.4) is 0 Å². The summed E-state index contributed by atoms with van der Waals surface area (Å²) in [6.07, 6.45) is 1.03. The SMILES string of the molecule is COC(=O)C1=C(C)NC2=C(C(=O)C[C@@H](c3ccc4c(c3)OCO4)C2)[C@H]1c1ccc(Br)cc1. The molecule has 0 saturated heterocycles. The maximum atomic E-state index is 13.5. The number of allylic oxidation sites excluding steroid dienone is 3. The van der Waals surface area contributed by atoms with Gasteiger partial charge in [-0.05, 0) is 54.7 Å². The van der Waals surface area contributed by atoms with Gasteiger partial charge in [-0.3, -0.25) is 4.79 Å². The number of dihydropyridines is 1. The van der Waals surface area contributed by atoms with Gasteiger partial charge in [-0.2, -0.15) is 0 Å². The summed E-state index contributed by atoms with van der Waals surface area (Å²) < 4.78 is 16.9. The average Bonchev–Trinajstić information content (AvgIpc) is 3.26. The van der Waals surface area contributed by atoms with Crippen LogP contribution < -0.4 is 14.8 Å². The molecule has 0 fully saturated rings. The third-order valence-corrected chi connectivity index (χ3v) is 6.83. The Balaban J connectivity index is 1.56. The Hall–Kier alpha value is -3.06. The van der Waals surface area contributed by atoms with E-state index in [-0.39, 0.29) is 18.5 Å². The van der Waals surface area contributed by atoms with Crippen molar-refractivity contribution in [2.24, 2.45) is 0 Å². The van der Waals surface area contributed by atoms with Crippen molar-refractivity contribution < 1.29 is 23.8 Å². The fourth-order valence-corrected chi connectivity index (χ4v) is 5.08. The number of carbonyl (C=O) groups is 2. The lowest BCUT2D eigenvalue weighted by molar-refractivity contribution is -0.136. The topological polar surface area (TPSA) is 73.9 Å². The van der Waals surface area contributed by atoms with Crippen molar-refractivity contribution in [3.05, 3.63) is 80.6 Å². The van der Waals surface area contributed by atoms with Gasteiger partial charge in [0.15, 0.2) is 17.3 Å². The Bertz CT molecular complexity index is 1180. The van der Waals surface area contributed by atoms with Gasteiger partial charge >= 0.3 is 5.97 Å². The third-order valence-electron chi connectivity index (χ3n) is 6.30. The molecule has 1 aliphatic carbocycles. The molecule has 1 N–H and O–H groups in total. The number of methoxy groups -OCH3 is 1. The van der Waals surface area contributed by atoms with Gasteiger partial charge in [-0.1, -0.05) is 34.1 Å². The minimum atomic E-state index is -0.461. The van der Waals surface area contributed by atoms with Gasteiger partial charge < -0.3 is 19.5 Å². The first-order valence-corrected chi connectivity index (χ1v) is 11.2. The fourth-order valence-electron chi connectivity index (χ4n) is 4.81. The van der Waals surface area contributed by atoms with Gasteiger partial charge in [0, 0.05) is 33.8 Å². The van der Waals surface area contributed by atoms with E-state index in [2.05, 4.69) is 21.2 Å². The number of hydrogen-bond donors (Lipinski definition) is 1. The number of esters is 1. The van der Waals surface area contributed by atoms with Crippen LogP contribution in [0.25, 0.3) is 0 Å². The molecule has 2 heterocycles. The highest BCUT2D eigenvalue weighted by Gasteiger charge is 2.41. The second-order valence-electron chi connectivity index (χ2n) is 8.17. The number of carbonyl (C=O) groups excluding carboxylic acids is 2. The molecule has 6 nitrogen and oxygen atoms in total. The molecule has 0 aromatic heterocycles. The zero-order chi connectivity index (χ0) is 22.4. The summed E-state index contributed by atoms with van der Waals surface area (Å²) in [5.74, 6) is 0.591. The Morgan fingerprint density at radius 2 is 1.78 bits per heavy atom. The van der Waals surface area contributed by atoms with Crippen molar-refractivity contribution in [3.63, 3.8) is 0 Å². The number of Topliss-reactive ketones (excluding diaryl/α,β-unsaturated/α-hetero) is 1. The molecule has 0 saturated carbocycles. The Morgan fingerprint density at radius 1 is 1.06 bits per heavy atom. The molecule has 7 heteroatoms. The third kappa shape index (κ3) is 3.50. The van der Waals surface area contributed by atoms with Crippen molar-refractivity contribution >= 4 is 27.7 Å². The van der Waals surface area contributed by atoms with E-state index in [1.807, 2.05) is 49.4 Å². The van der Waals surface area contributed by atoms with E-state index in [1.165, 1.54) is 7.11 Å². The Labute approximate surface area is 194 Å². The predicted octanol–water partition coefficient (Wildman–Crippen LogP) is 4.71. The number of benzene rings is 2. The highest BCUT2D eigenvalue weighted by Crippen LogP contribution is 2.46. The highest BCUT2D eigenvalue weighted by atomic mass is 79.9. The molecule has 2 atom stereocenters. The average molecular weight is 496 g/mol. The molecular weight excluding hydrogens is 474 g/mol. The van der Waals surface area contributed by atoms with Crippen LogP contribution in [0.15, 0.2) is 69.5 Å². The molecule has 164 valence electrons. The van der Waals surface area contributed by atoms with Crippen molar-refractivity contribution in [2.75, 3.05) is 13.9 Å². The zero-order valence-corrected chi connectivity index (χ0v) is 19.3. The lowest BCUT2D eigenvalue weighted by Crippen LogP contribution is -2.36. The molecule has 0 unspecified atom stereocenters. The lowest BCUT2D eigenvalue weighted by atomic mass is 9.71. The van der Waals surface area contributed by atoms with Crippen LogP contribution in [0.4, 0.5) is 0 Å². The molecule has 32 heavy (non-hydrogen) atoms. The quantitative estimate of drug-likeness (QED) is 0.621. The van der Waals surface area contributed by atoms with Crippen molar-refractivity contribution in [1.29, 1.82) is 0 Å². The van der Waals surface area contributed by atoms with Crippen LogP contribution in [0, 0.1) is 0 Å². The highest BCUT2D eigenvalue weighted by molar-refractivity contribution is 9.10. The number of ketones is 1. The Kier molecular flexibility index (Phi) is 5.29. The monoisotopic (exact) mass is 495 g/mol. The number of hydrogen-bond acceptors (Lipinski definition) is 6. The molecule has 0 amide bonds. The van der Waals surface area contributed by atoms with Crippen LogP contribution >= 0.6 is 15.9 Å². The van der Waals surface area contributed by atoms with Crippen LogP contribution in [0.2, 0.25) is 0 Å². The summed E-state index contributed by atoms with van der Waals surface area (Å²) in [5, 5.41) is 3.35. The molecule has 0 spiro atoms. The van der Waals surface area contributed by atoms with Crippen molar-refractivity contribution in [3.8, 4) is 11.5 Å². The van der Waals surface area contributed by atoms with Gasteiger partial charge in [0.2, 0.25) is 6.79 Å². The molecule has 0 radical (unpaired) electrons. The first kappa shape index (κ1) is 20.8.